The molecule has 4 heteroatoms. The SMILES string of the molecule is c1ccc(-c2nc(-c3ccccc3)c3ccc(-n4c5ccccc5c5c6c7ccccc7n(-c7ccc8ccccc8c7)c6ccc54)cc3n2)cc1. The lowest BCUT2D eigenvalue weighted by atomic mass is 10.0. The molecule has 0 saturated carbocycles. The van der Waals surface area contributed by atoms with Crippen LogP contribution in [0.5, 0.6) is 0 Å². The van der Waals surface area contributed by atoms with E-state index in [2.05, 4.69) is 167 Å². The predicted octanol–water partition coefficient (Wildman–Crippen LogP) is 12.3. The zero-order valence-electron chi connectivity index (χ0n) is 28.1. The monoisotopic (exact) mass is 662 g/mol. The standard InChI is InChI=1S/C48H30N4/c1-3-14-32(15-4-1)47-37-26-25-36(30-40(37)49-48(50-47)33-16-5-2-6-17-33)52-42-22-12-10-20-39(42)46-44(52)28-27-43-45(46)38-19-9-11-21-41(38)51(43)35-24-23-31-13-7-8-18-34(31)29-35/h1-30H. The first kappa shape index (κ1) is 28.8. The molecular formula is C48H30N4. The van der Waals surface area contributed by atoms with Gasteiger partial charge in [0, 0.05) is 49.4 Å². The summed E-state index contributed by atoms with van der Waals surface area (Å²) in [6.07, 6.45) is 0. The highest BCUT2D eigenvalue weighted by atomic mass is 15.0. The Morgan fingerprint density at radius 3 is 1.56 bits per heavy atom. The fraction of sp³-hybridized carbons (Fsp3) is 0. The second kappa shape index (κ2) is 11.2. The number of fused-ring (bicyclic) bond motifs is 9. The van der Waals surface area contributed by atoms with Crippen LogP contribution in [-0.2, 0) is 0 Å². The largest absolute Gasteiger partial charge is 0.309 e. The summed E-state index contributed by atoms with van der Waals surface area (Å²) in [4.78, 5) is 10.3. The third-order valence-electron chi connectivity index (χ3n) is 10.5. The van der Waals surface area contributed by atoms with Crippen LogP contribution < -0.4 is 0 Å². The molecule has 0 aliphatic carbocycles. The first-order chi connectivity index (χ1) is 25.8. The summed E-state index contributed by atoms with van der Waals surface area (Å²) in [5, 5.41) is 8.47. The number of nitrogens with zero attached hydrogens (tertiary/aromatic N) is 4. The molecule has 0 aliphatic rings. The number of hydrogen-bond acceptors (Lipinski definition) is 2. The molecule has 0 unspecified atom stereocenters. The topological polar surface area (TPSA) is 35.6 Å². The molecule has 0 N–H and O–H groups in total. The fourth-order valence-electron chi connectivity index (χ4n) is 8.18. The smallest absolute Gasteiger partial charge is 0.160 e. The molecule has 242 valence electrons. The van der Waals surface area contributed by atoms with Crippen molar-refractivity contribution in [3.05, 3.63) is 182 Å². The Labute approximate surface area is 299 Å². The van der Waals surface area contributed by atoms with Crippen molar-refractivity contribution in [3.8, 4) is 34.0 Å². The Kier molecular flexibility index (Phi) is 6.22. The third-order valence-corrected chi connectivity index (χ3v) is 10.5. The molecule has 0 atom stereocenters. The van der Waals surface area contributed by atoms with E-state index in [1.165, 1.54) is 43.4 Å². The van der Waals surface area contributed by atoms with E-state index in [0.29, 0.717) is 0 Å². The van der Waals surface area contributed by atoms with Crippen LogP contribution in [0.15, 0.2) is 182 Å². The van der Waals surface area contributed by atoms with E-state index >= 15 is 0 Å². The van der Waals surface area contributed by atoms with Crippen molar-refractivity contribution in [1.82, 2.24) is 19.1 Å². The highest BCUT2D eigenvalue weighted by Gasteiger charge is 2.21. The third kappa shape index (κ3) is 4.28. The van der Waals surface area contributed by atoms with E-state index in [9.17, 15) is 0 Å². The maximum Gasteiger partial charge on any atom is 0.160 e. The van der Waals surface area contributed by atoms with Gasteiger partial charge in [0.25, 0.3) is 0 Å². The van der Waals surface area contributed by atoms with Gasteiger partial charge in [-0.05, 0) is 65.4 Å². The molecule has 4 nitrogen and oxygen atoms in total. The summed E-state index contributed by atoms with van der Waals surface area (Å²) in [5.41, 5.74) is 10.8. The lowest BCUT2D eigenvalue weighted by Gasteiger charge is -2.13. The van der Waals surface area contributed by atoms with Crippen LogP contribution in [-0.4, -0.2) is 19.1 Å². The van der Waals surface area contributed by atoms with Crippen molar-refractivity contribution in [1.29, 1.82) is 0 Å². The number of para-hydroxylation sites is 2. The van der Waals surface area contributed by atoms with Crippen LogP contribution in [0.1, 0.15) is 0 Å². The zero-order chi connectivity index (χ0) is 34.2. The molecule has 3 heterocycles. The fourth-order valence-corrected chi connectivity index (χ4v) is 8.18. The minimum absolute atomic E-state index is 0.717. The minimum Gasteiger partial charge on any atom is -0.309 e. The highest BCUT2D eigenvalue weighted by molar-refractivity contribution is 6.29. The first-order valence-corrected chi connectivity index (χ1v) is 17.7. The Morgan fingerprint density at radius 2 is 0.885 bits per heavy atom. The van der Waals surface area contributed by atoms with Crippen LogP contribution in [0.25, 0.3) is 99.3 Å². The van der Waals surface area contributed by atoms with Gasteiger partial charge in [-0.1, -0.05) is 127 Å². The molecule has 52 heavy (non-hydrogen) atoms. The van der Waals surface area contributed by atoms with E-state index in [0.717, 1.165) is 56.0 Å². The molecule has 0 aliphatic heterocycles. The van der Waals surface area contributed by atoms with Gasteiger partial charge in [0.05, 0.1) is 33.3 Å². The highest BCUT2D eigenvalue weighted by Crippen LogP contribution is 2.43. The molecule has 0 fully saturated rings. The predicted molar refractivity (Wildman–Crippen MR) is 217 cm³/mol. The summed E-state index contributed by atoms with van der Waals surface area (Å²) >= 11 is 0. The number of benzene rings is 8. The van der Waals surface area contributed by atoms with E-state index in [1.807, 2.05) is 24.3 Å². The van der Waals surface area contributed by atoms with Gasteiger partial charge >= 0.3 is 0 Å². The quantitative estimate of drug-likeness (QED) is 0.188. The van der Waals surface area contributed by atoms with Gasteiger partial charge < -0.3 is 9.13 Å². The molecule has 0 spiro atoms. The van der Waals surface area contributed by atoms with E-state index < -0.39 is 0 Å². The van der Waals surface area contributed by atoms with Crippen molar-refractivity contribution in [2.24, 2.45) is 0 Å². The summed E-state index contributed by atoms with van der Waals surface area (Å²) in [5.74, 6) is 0.717. The molecule has 11 aromatic rings. The minimum atomic E-state index is 0.717. The van der Waals surface area contributed by atoms with Gasteiger partial charge in [0.2, 0.25) is 0 Å². The molecule has 3 aromatic heterocycles. The number of hydrogen-bond donors (Lipinski definition) is 0. The van der Waals surface area contributed by atoms with Gasteiger partial charge in [-0.15, -0.1) is 0 Å². The van der Waals surface area contributed by atoms with Crippen LogP contribution in [0.3, 0.4) is 0 Å². The van der Waals surface area contributed by atoms with Gasteiger partial charge in [-0.25, -0.2) is 9.97 Å². The van der Waals surface area contributed by atoms with E-state index in [4.69, 9.17) is 9.97 Å². The molecule has 0 radical (unpaired) electrons. The Morgan fingerprint density at radius 1 is 0.346 bits per heavy atom. The maximum absolute atomic E-state index is 5.18. The summed E-state index contributed by atoms with van der Waals surface area (Å²) in [6, 6.07) is 64.8. The van der Waals surface area contributed by atoms with Crippen molar-refractivity contribution < 1.29 is 0 Å². The lowest BCUT2D eigenvalue weighted by molar-refractivity contribution is 1.17. The van der Waals surface area contributed by atoms with Crippen molar-refractivity contribution >= 4 is 65.3 Å². The van der Waals surface area contributed by atoms with Crippen molar-refractivity contribution in [3.63, 3.8) is 0 Å². The van der Waals surface area contributed by atoms with Crippen LogP contribution in [0, 0.1) is 0 Å². The Hall–Kier alpha value is -7.04. The average Bonchev–Trinajstić information content (AvgIpc) is 3.73. The Bertz CT molecular complexity index is 3170. The van der Waals surface area contributed by atoms with Crippen LogP contribution in [0.2, 0.25) is 0 Å². The van der Waals surface area contributed by atoms with Gasteiger partial charge in [-0.2, -0.15) is 0 Å². The molecule has 8 aromatic carbocycles. The van der Waals surface area contributed by atoms with Crippen LogP contribution in [0.4, 0.5) is 0 Å². The van der Waals surface area contributed by atoms with E-state index in [-0.39, 0.29) is 0 Å². The number of aromatic nitrogens is 4. The average molecular weight is 663 g/mol. The van der Waals surface area contributed by atoms with Gasteiger partial charge in [0.15, 0.2) is 5.82 Å². The summed E-state index contributed by atoms with van der Waals surface area (Å²) in [6.45, 7) is 0. The van der Waals surface area contributed by atoms with Crippen molar-refractivity contribution in [2.45, 2.75) is 0 Å². The molecular weight excluding hydrogens is 633 g/mol. The summed E-state index contributed by atoms with van der Waals surface area (Å²) in [7, 11) is 0. The molecule has 0 bridgehead atoms. The lowest BCUT2D eigenvalue weighted by Crippen LogP contribution is -1.98. The first-order valence-electron chi connectivity index (χ1n) is 17.7. The normalized spacial score (nSPS) is 11.8. The maximum atomic E-state index is 5.18. The second-order valence-electron chi connectivity index (χ2n) is 13.4. The second-order valence-corrected chi connectivity index (χ2v) is 13.4. The molecule has 0 saturated heterocycles. The van der Waals surface area contributed by atoms with Gasteiger partial charge in [0.1, 0.15) is 0 Å². The Balaban J connectivity index is 1.20. The zero-order valence-corrected chi connectivity index (χ0v) is 28.1. The van der Waals surface area contributed by atoms with Crippen molar-refractivity contribution in [2.75, 3.05) is 0 Å². The molecule has 11 rings (SSSR count). The molecule has 0 amide bonds. The number of rotatable bonds is 4. The van der Waals surface area contributed by atoms with Crippen LogP contribution >= 0.6 is 0 Å². The summed E-state index contributed by atoms with van der Waals surface area (Å²) < 4.78 is 4.82. The van der Waals surface area contributed by atoms with Gasteiger partial charge in [-0.3, -0.25) is 0 Å². The van der Waals surface area contributed by atoms with E-state index in [1.54, 1.807) is 0 Å².